The van der Waals surface area contributed by atoms with Gasteiger partial charge in [-0.3, -0.25) is 4.57 Å². The lowest BCUT2D eigenvalue weighted by Gasteiger charge is -2.10. The summed E-state index contributed by atoms with van der Waals surface area (Å²) in [7, 11) is 0. The number of ether oxygens (including phenoxy) is 2. The van der Waals surface area contributed by atoms with Crippen LogP contribution < -0.4 is 10.4 Å². The largest absolute Gasteiger partial charge is 0.482 e. The fraction of sp³-hybridized carbons (Fsp3) is 0.444. The third-order valence-corrected chi connectivity index (χ3v) is 5.35. The molecule has 0 bridgehead atoms. The zero-order valence-electron chi connectivity index (χ0n) is 21.9. The smallest absolute Gasteiger partial charge is 0.416 e. The first-order chi connectivity index (χ1) is 17.6. The van der Waals surface area contributed by atoms with Gasteiger partial charge in [-0.15, -0.1) is 5.10 Å². The molecule has 0 radical (unpaired) electrons. The van der Waals surface area contributed by atoms with Crippen LogP contribution in [0.1, 0.15) is 56.6 Å². The van der Waals surface area contributed by atoms with Gasteiger partial charge < -0.3 is 9.47 Å². The molecule has 0 aliphatic heterocycles. The Morgan fingerprint density at radius 1 is 1.03 bits per heavy atom. The molecular formula is C27H34F3N3O4. The molecule has 1 heterocycles. The average Bonchev–Trinajstić information content (AvgIpc) is 3.18. The van der Waals surface area contributed by atoms with Crippen LogP contribution in [0.15, 0.2) is 47.3 Å². The SMILES string of the molecule is CC.CCCn1c(CCc2ccc(OCC(=O)OCC)c(C)c2)nn(-c2ccc(C(F)(F)F)cc2)c1=O. The third kappa shape index (κ3) is 7.96. The molecule has 2 aromatic carbocycles. The van der Waals surface area contributed by atoms with Crippen molar-refractivity contribution in [2.24, 2.45) is 0 Å². The normalized spacial score (nSPS) is 11.0. The monoisotopic (exact) mass is 521 g/mol. The van der Waals surface area contributed by atoms with Gasteiger partial charge in [-0.05, 0) is 68.1 Å². The maximum absolute atomic E-state index is 12.9. The second kappa shape index (κ2) is 13.7. The zero-order chi connectivity index (χ0) is 27.6. The van der Waals surface area contributed by atoms with Gasteiger partial charge in [0.15, 0.2) is 6.61 Å². The summed E-state index contributed by atoms with van der Waals surface area (Å²) < 4.78 is 51.7. The first-order valence-corrected chi connectivity index (χ1v) is 12.4. The van der Waals surface area contributed by atoms with Gasteiger partial charge in [-0.25, -0.2) is 9.59 Å². The van der Waals surface area contributed by atoms with Gasteiger partial charge in [0.25, 0.3) is 0 Å². The summed E-state index contributed by atoms with van der Waals surface area (Å²) >= 11 is 0. The summed E-state index contributed by atoms with van der Waals surface area (Å²) in [5, 5.41) is 4.42. The molecule has 0 fully saturated rings. The Hall–Kier alpha value is -3.56. The number of nitrogens with zero attached hydrogens (tertiary/aromatic N) is 3. The van der Waals surface area contributed by atoms with E-state index in [4.69, 9.17) is 9.47 Å². The molecule has 10 heteroatoms. The van der Waals surface area contributed by atoms with Crippen LogP contribution in [0.2, 0.25) is 0 Å². The summed E-state index contributed by atoms with van der Waals surface area (Å²) in [6.07, 6.45) is -2.69. The Morgan fingerprint density at radius 2 is 1.70 bits per heavy atom. The summed E-state index contributed by atoms with van der Waals surface area (Å²) in [6.45, 7) is 10.1. The van der Waals surface area contributed by atoms with E-state index in [2.05, 4.69) is 5.10 Å². The van der Waals surface area contributed by atoms with Crippen LogP contribution in [0.25, 0.3) is 5.69 Å². The number of carbonyl (C=O) groups is 1. The minimum atomic E-state index is -4.45. The van der Waals surface area contributed by atoms with E-state index >= 15 is 0 Å². The number of hydrogen-bond acceptors (Lipinski definition) is 5. The van der Waals surface area contributed by atoms with Crippen molar-refractivity contribution in [3.05, 3.63) is 75.5 Å². The molecule has 0 saturated carbocycles. The summed E-state index contributed by atoms with van der Waals surface area (Å²) in [5.74, 6) is 0.696. The maximum Gasteiger partial charge on any atom is 0.416 e. The van der Waals surface area contributed by atoms with Crippen molar-refractivity contribution < 1.29 is 27.4 Å². The Balaban J connectivity index is 0.00000235. The van der Waals surface area contributed by atoms with Gasteiger partial charge in [0.2, 0.25) is 0 Å². The fourth-order valence-corrected chi connectivity index (χ4v) is 3.65. The van der Waals surface area contributed by atoms with E-state index in [0.29, 0.717) is 37.4 Å². The molecule has 0 saturated heterocycles. The van der Waals surface area contributed by atoms with E-state index in [1.807, 2.05) is 39.8 Å². The summed E-state index contributed by atoms with van der Waals surface area (Å²) in [4.78, 5) is 24.4. The first kappa shape index (κ1) is 29.7. The second-order valence-corrected chi connectivity index (χ2v) is 8.00. The van der Waals surface area contributed by atoms with Gasteiger partial charge in [0.1, 0.15) is 11.6 Å². The Morgan fingerprint density at radius 3 is 2.27 bits per heavy atom. The van der Waals surface area contributed by atoms with E-state index in [9.17, 15) is 22.8 Å². The van der Waals surface area contributed by atoms with Gasteiger partial charge in [0.05, 0.1) is 17.9 Å². The standard InChI is InChI=1S/C25H28F3N3O4.C2H6/c1-4-14-30-22(29-31(24(30)33)20-10-8-19(9-11-20)25(26,27)28)13-7-18-6-12-21(17(3)15-18)35-16-23(32)34-5-2;1-2/h6,8-12,15H,4-5,7,13-14,16H2,1-3H3;1-2H3. The third-order valence-electron chi connectivity index (χ3n) is 5.35. The number of aromatic nitrogens is 3. The number of halogens is 3. The van der Waals surface area contributed by atoms with Crippen molar-refractivity contribution in [3.63, 3.8) is 0 Å². The summed E-state index contributed by atoms with van der Waals surface area (Å²) in [6, 6.07) is 9.97. The van der Waals surface area contributed by atoms with E-state index in [1.54, 1.807) is 17.6 Å². The van der Waals surface area contributed by atoms with Gasteiger partial charge in [-0.1, -0.05) is 32.9 Å². The van der Waals surface area contributed by atoms with Crippen molar-refractivity contribution in [2.45, 2.75) is 66.6 Å². The van der Waals surface area contributed by atoms with Gasteiger partial charge in [-0.2, -0.15) is 17.9 Å². The molecule has 3 rings (SSSR count). The molecule has 0 unspecified atom stereocenters. The number of hydrogen-bond donors (Lipinski definition) is 0. The maximum atomic E-state index is 12.9. The lowest BCUT2D eigenvalue weighted by molar-refractivity contribution is -0.145. The average molecular weight is 522 g/mol. The van der Waals surface area contributed by atoms with E-state index in [1.165, 1.54) is 12.1 Å². The molecule has 37 heavy (non-hydrogen) atoms. The highest BCUT2D eigenvalue weighted by Crippen LogP contribution is 2.29. The number of esters is 1. The fourth-order valence-electron chi connectivity index (χ4n) is 3.65. The van der Waals surface area contributed by atoms with Crippen molar-refractivity contribution >= 4 is 5.97 Å². The first-order valence-electron chi connectivity index (χ1n) is 12.4. The molecule has 0 N–H and O–H groups in total. The van der Waals surface area contributed by atoms with Crippen LogP contribution in [0.3, 0.4) is 0 Å². The molecule has 0 aliphatic carbocycles. The molecule has 7 nitrogen and oxygen atoms in total. The van der Waals surface area contributed by atoms with Crippen LogP contribution in [-0.4, -0.2) is 33.5 Å². The Bertz CT molecular complexity index is 1220. The predicted molar refractivity (Wildman–Crippen MR) is 135 cm³/mol. The number of alkyl halides is 3. The highest BCUT2D eigenvalue weighted by Gasteiger charge is 2.30. The number of benzene rings is 2. The Labute approximate surface area is 214 Å². The minimum Gasteiger partial charge on any atom is -0.482 e. The van der Waals surface area contributed by atoms with Crippen LogP contribution >= 0.6 is 0 Å². The molecule has 0 amide bonds. The number of carbonyl (C=O) groups excluding carboxylic acids is 1. The lowest BCUT2D eigenvalue weighted by Crippen LogP contribution is -2.24. The minimum absolute atomic E-state index is 0.168. The molecule has 0 atom stereocenters. The van der Waals surface area contributed by atoms with Gasteiger partial charge in [0, 0.05) is 13.0 Å². The van der Waals surface area contributed by atoms with Crippen molar-refractivity contribution in [1.29, 1.82) is 0 Å². The molecule has 0 spiro atoms. The number of rotatable bonds is 10. The van der Waals surface area contributed by atoms with E-state index < -0.39 is 17.7 Å². The van der Waals surface area contributed by atoms with Crippen molar-refractivity contribution in [1.82, 2.24) is 14.3 Å². The lowest BCUT2D eigenvalue weighted by atomic mass is 10.1. The zero-order valence-corrected chi connectivity index (χ0v) is 21.9. The van der Waals surface area contributed by atoms with Crippen molar-refractivity contribution in [2.75, 3.05) is 13.2 Å². The summed E-state index contributed by atoms with van der Waals surface area (Å²) in [5.41, 5.74) is 0.949. The van der Waals surface area contributed by atoms with E-state index in [0.717, 1.165) is 27.9 Å². The quantitative estimate of drug-likeness (QED) is 0.328. The second-order valence-electron chi connectivity index (χ2n) is 8.00. The Kier molecular flexibility index (Phi) is 11.0. The highest BCUT2D eigenvalue weighted by atomic mass is 19.4. The van der Waals surface area contributed by atoms with Crippen molar-refractivity contribution in [3.8, 4) is 11.4 Å². The van der Waals surface area contributed by atoms with Crippen LogP contribution in [0, 0.1) is 6.92 Å². The number of aryl methyl sites for hydroxylation is 3. The van der Waals surface area contributed by atoms with Crippen LogP contribution in [0.4, 0.5) is 13.2 Å². The predicted octanol–water partition coefficient (Wildman–Crippen LogP) is 5.52. The molecular weight excluding hydrogens is 487 g/mol. The van der Waals surface area contributed by atoms with Crippen LogP contribution in [-0.2, 0) is 35.1 Å². The molecule has 1 aromatic heterocycles. The molecule has 3 aromatic rings. The van der Waals surface area contributed by atoms with Crippen LogP contribution in [0.5, 0.6) is 5.75 Å². The van der Waals surface area contributed by atoms with E-state index in [-0.39, 0.29) is 24.6 Å². The molecule has 202 valence electrons. The highest BCUT2D eigenvalue weighted by molar-refractivity contribution is 5.71. The van der Waals surface area contributed by atoms with Gasteiger partial charge >= 0.3 is 17.8 Å². The molecule has 0 aliphatic rings. The topological polar surface area (TPSA) is 75.3 Å².